The molecule has 2 heterocycles. The van der Waals surface area contributed by atoms with E-state index in [-0.39, 0.29) is 30.8 Å². The van der Waals surface area contributed by atoms with Crippen LogP contribution >= 0.6 is 0 Å². The standard InChI is InChI=1S/C14H13N5O4/c15-14-18-17-12(23-14)8-3-1-2-4-9(8)16-10-7-11(21)19(5-6-20)13(10)22/h1-4,7,16,20H,5-6H2,(H2,15,18). The maximum absolute atomic E-state index is 12.2. The van der Waals surface area contributed by atoms with Crippen LogP contribution in [0.25, 0.3) is 11.5 Å². The zero-order chi connectivity index (χ0) is 16.4. The lowest BCUT2D eigenvalue weighted by Crippen LogP contribution is -2.34. The van der Waals surface area contributed by atoms with Crippen LogP contribution in [0.3, 0.4) is 0 Å². The Balaban J connectivity index is 1.89. The molecule has 118 valence electrons. The molecule has 3 rings (SSSR count). The first-order valence-electron chi connectivity index (χ1n) is 6.74. The average Bonchev–Trinajstić information content (AvgIpc) is 3.07. The Morgan fingerprint density at radius 1 is 1.26 bits per heavy atom. The van der Waals surface area contributed by atoms with Gasteiger partial charge in [-0.2, -0.15) is 0 Å². The Morgan fingerprint density at radius 3 is 2.74 bits per heavy atom. The number of nitrogens with two attached hydrogens (primary N) is 1. The topological polar surface area (TPSA) is 135 Å². The van der Waals surface area contributed by atoms with Gasteiger partial charge in [-0.25, -0.2) is 0 Å². The molecule has 2 aromatic rings. The van der Waals surface area contributed by atoms with E-state index in [2.05, 4.69) is 15.5 Å². The van der Waals surface area contributed by atoms with Gasteiger partial charge in [0.2, 0.25) is 0 Å². The van der Waals surface area contributed by atoms with Crippen molar-refractivity contribution >= 4 is 23.5 Å². The highest BCUT2D eigenvalue weighted by molar-refractivity contribution is 6.17. The molecule has 1 aromatic heterocycles. The van der Waals surface area contributed by atoms with Crippen LogP contribution in [0.5, 0.6) is 0 Å². The van der Waals surface area contributed by atoms with E-state index in [0.717, 1.165) is 4.90 Å². The van der Waals surface area contributed by atoms with Crippen LogP contribution in [-0.4, -0.2) is 45.2 Å². The third kappa shape index (κ3) is 2.77. The molecule has 0 spiro atoms. The number of nitrogens with zero attached hydrogens (tertiary/aromatic N) is 3. The number of para-hydroxylation sites is 1. The molecule has 0 saturated carbocycles. The van der Waals surface area contributed by atoms with Crippen molar-refractivity contribution in [2.45, 2.75) is 0 Å². The van der Waals surface area contributed by atoms with Crippen molar-refractivity contribution < 1.29 is 19.1 Å². The highest BCUT2D eigenvalue weighted by atomic mass is 16.4. The molecule has 9 nitrogen and oxygen atoms in total. The zero-order valence-electron chi connectivity index (χ0n) is 11.9. The number of nitrogen functional groups attached to an aromatic ring is 1. The van der Waals surface area contributed by atoms with Gasteiger partial charge in [-0.1, -0.05) is 17.2 Å². The van der Waals surface area contributed by atoms with E-state index >= 15 is 0 Å². The van der Waals surface area contributed by atoms with E-state index in [1.54, 1.807) is 24.3 Å². The van der Waals surface area contributed by atoms with E-state index < -0.39 is 11.8 Å². The Labute approximate surface area is 130 Å². The van der Waals surface area contributed by atoms with Gasteiger partial charge >= 0.3 is 6.01 Å². The summed E-state index contributed by atoms with van der Waals surface area (Å²) < 4.78 is 5.18. The summed E-state index contributed by atoms with van der Waals surface area (Å²) in [4.78, 5) is 24.9. The summed E-state index contributed by atoms with van der Waals surface area (Å²) in [7, 11) is 0. The average molecular weight is 315 g/mol. The third-order valence-electron chi connectivity index (χ3n) is 3.20. The molecule has 23 heavy (non-hydrogen) atoms. The number of aromatic nitrogens is 2. The lowest BCUT2D eigenvalue weighted by Gasteiger charge is -2.14. The molecular formula is C14H13N5O4. The summed E-state index contributed by atoms with van der Waals surface area (Å²) in [6.45, 7) is -0.350. The predicted molar refractivity (Wildman–Crippen MR) is 79.7 cm³/mol. The van der Waals surface area contributed by atoms with Gasteiger partial charge < -0.3 is 20.6 Å². The summed E-state index contributed by atoms with van der Waals surface area (Å²) in [5, 5.41) is 19.2. The van der Waals surface area contributed by atoms with E-state index in [1.165, 1.54) is 6.08 Å². The lowest BCUT2D eigenvalue weighted by molar-refractivity contribution is -0.137. The monoisotopic (exact) mass is 315 g/mol. The SMILES string of the molecule is Nc1nnc(-c2ccccc2NC2=CC(=O)N(CCO)C2=O)o1. The minimum Gasteiger partial charge on any atom is -0.403 e. The van der Waals surface area contributed by atoms with E-state index in [0.29, 0.717) is 11.3 Å². The molecule has 0 saturated heterocycles. The fourth-order valence-corrected chi connectivity index (χ4v) is 2.18. The zero-order valence-corrected chi connectivity index (χ0v) is 11.9. The van der Waals surface area contributed by atoms with E-state index in [9.17, 15) is 9.59 Å². The summed E-state index contributed by atoms with van der Waals surface area (Å²) >= 11 is 0. The number of aliphatic hydroxyl groups excluding tert-OH is 1. The molecule has 0 bridgehead atoms. The van der Waals surface area contributed by atoms with Crippen LogP contribution in [0.15, 0.2) is 40.5 Å². The number of imide groups is 1. The smallest absolute Gasteiger partial charge is 0.313 e. The van der Waals surface area contributed by atoms with Crippen molar-refractivity contribution in [1.29, 1.82) is 0 Å². The molecule has 1 aromatic carbocycles. The molecule has 0 aliphatic carbocycles. The molecular weight excluding hydrogens is 302 g/mol. The number of aliphatic hydroxyl groups is 1. The number of rotatable bonds is 5. The number of benzene rings is 1. The van der Waals surface area contributed by atoms with Gasteiger partial charge in [-0.05, 0) is 12.1 Å². The van der Waals surface area contributed by atoms with Gasteiger partial charge in [0, 0.05) is 6.08 Å². The minimum absolute atomic E-state index is 0.0544. The van der Waals surface area contributed by atoms with Gasteiger partial charge in [-0.15, -0.1) is 5.10 Å². The van der Waals surface area contributed by atoms with Crippen molar-refractivity contribution in [3.63, 3.8) is 0 Å². The molecule has 9 heteroatoms. The predicted octanol–water partition coefficient (Wildman–Crippen LogP) is -0.0243. The molecule has 0 radical (unpaired) electrons. The number of hydrogen-bond donors (Lipinski definition) is 3. The summed E-state index contributed by atoms with van der Waals surface area (Å²) in [5.74, 6) is -0.801. The quantitative estimate of drug-likeness (QED) is 0.655. The Morgan fingerprint density at radius 2 is 2.04 bits per heavy atom. The largest absolute Gasteiger partial charge is 0.403 e. The van der Waals surface area contributed by atoms with Crippen LogP contribution in [-0.2, 0) is 9.59 Å². The van der Waals surface area contributed by atoms with Gasteiger partial charge in [0.15, 0.2) is 0 Å². The molecule has 4 N–H and O–H groups in total. The molecule has 0 unspecified atom stereocenters. The van der Waals surface area contributed by atoms with E-state index in [1.807, 2.05) is 0 Å². The fraction of sp³-hybridized carbons (Fsp3) is 0.143. The second kappa shape index (κ2) is 5.89. The second-order valence-electron chi connectivity index (χ2n) is 4.69. The van der Waals surface area contributed by atoms with Crippen molar-refractivity contribution in [3.8, 4) is 11.5 Å². The summed E-state index contributed by atoms with van der Waals surface area (Å²) in [6, 6.07) is 6.84. The fourth-order valence-electron chi connectivity index (χ4n) is 2.18. The van der Waals surface area contributed by atoms with Gasteiger partial charge in [0.05, 0.1) is 24.4 Å². The van der Waals surface area contributed by atoms with Crippen molar-refractivity contribution in [2.75, 3.05) is 24.2 Å². The van der Waals surface area contributed by atoms with E-state index in [4.69, 9.17) is 15.3 Å². The van der Waals surface area contributed by atoms with Crippen LogP contribution < -0.4 is 11.1 Å². The molecule has 1 aliphatic heterocycles. The van der Waals surface area contributed by atoms with Crippen molar-refractivity contribution in [3.05, 3.63) is 36.0 Å². The number of anilines is 2. The highest BCUT2D eigenvalue weighted by Crippen LogP contribution is 2.29. The first-order chi connectivity index (χ1) is 11.1. The lowest BCUT2D eigenvalue weighted by atomic mass is 10.1. The van der Waals surface area contributed by atoms with Crippen LogP contribution in [0.1, 0.15) is 0 Å². The first kappa shape index (κ1) is 14.7. The Kier molecular flexibility index (Phi) is 3.77. The number of carbonyl (C=O) groups is 2. The molecule has 0 atom stereocenters. The minimum atomic E-state index is -0.510. The highest BCUT2D eigenvalue weighted by Gasteiger charge is 2.31. The molecule has 2 amide bonds. The van der Waals surface area contributed by atoms with Gasteiger partial charge in [0.25, 0.3) is 17.7 Å². The van der Waals surface area contributed by atoms with Crippen LogP contribution in [0.4, 0.5) is 11.7 Å². The number of β-amino-alcohol motifs (C(OH)–C–C–N with tert-alkyl or cyclic N) is 1. The summed E-state index contributed by atoms with van der Waals surface area (Å²) in [6.07, 6.45) is 1.18. The number of nitrogens with one attached hydrogen (secondary N) is 1. The number of hydrogen-bond acceptors (Lipinski definition) is 8. The van der Waals surface area contributed by atoms with Crippen molar-refractivity contribution in [2.24, 2.45) is 0 Å². The van der Waals surface area contributed by atoms with Gasteiger partial charge in [-0.3, -0.25) is 14.5 Å². The normalized spacial score (nSPS) is 14.3. The Hall–Kier alpha value is -3.20. The molecule has 0 fully saturated rings. The third-order valence-corrected chi connectivity index (χ3v) is 3.20. The Bertz CT molecular complexity index is 798. The number of amides is 2. The van der Waals surface area contributed by atoms with Gasteiger partial charge in [0.1, 0.15) is 5.70 Å². The van der Waals surface area contributed by atoms with Crippen molar-refractivity contribution in [1.82, 2.24) is 15.1 Å². The second-order valence-corrected chi connectivity index (χ2v) is 4.69. The maximum Gasteiger partial charge on any atom is 0.313 e. The number of carbonyl (C=O) groups excluding carboxylic acids is 2. The van der Waals surface area contributed by atoms with Crippen LogP contribution in [0, 0.1) is 0 Å². The first-order valence-corrected chi connectivity index (χ1v) is 6.74. The molecule has 1 aliphatic rings. The van der Waals surface area contributed by atoms with Crippen LogP contribution in [0.2, 0.25) is 0 Å². The maximum atomic E-state index is 12.2. The summed E-state index contributed by atoms with van der Waals surface area (Å²) in [5.41, 5.74) is 6.57.